The molecular formula is C22H24Cl2N2O5S. The molecule has 32 heavy (non-hydrogen) atoms. The standard InChI is InChI=1S/C22H24Cl2N2O5S/c23-17-8-7-16(19(24)10-17)14-32(28,29)26-9-3-4-15(12-26)22(27)25-11-18-13-30-20-5-1-2-6-21(20)31-18/h1-2,5-8,10,15,18H,3-4,9,11-14H2,(H,25,27)/t15-,18+/m0/s1. The minimum atomic E-state index is -3.63. The minimum Gasteiger partial charge on any atom is -0.486 e. The topological polar surface area (TPSA) is 84.9 Å². The van der Waals surface area contributed by atoms with Gasteiger partial charge in [-0.15, -0.1) is 0 Å². The minimum absolute atomic E-state index is 0.143. The predicted octanol–water partition coefficient (Wildman–Crippen LogP) is 3.49. The zero-order valence-corrected chi connectivity index (χ0v) is 19.6. The summed E-state index contributed by atoms with van der Waals surface area (Å²) in [5.74, 6) is 0.495. The molecule has 0 aliphatic carbocycles. The lowest BCUT2D eigenvalue weighted by molar-refractivity contribution is -0.126. The van der Waals surface area contributed by atoms with Crippen LogP contribution in [-0.4, -0.2) is 51.0 Å². The third-order valence-electron chi connectivity index (χ3n) is 5.57. The van der Waals surface area contributed by atoms with Gasteiger partial charge < -0.3 is 14.8 Å². The van der Waals surface area contributed by atoms with Gasteiger partial charge in [-0.1, -0.05) is 41.4 Å². The maximum absolute atomic E-state index is 12.9. The molecule has 1 saturated heterocycles. The third kappa shape index (κ3) is 5.49. The first-order valence-electron chi connectivity index (χ1n) is 10.4. The summed E-state index contributed by atoms with van der Waals surface area (Å²) < 4.78 is 38.8. The van der Waals surface area contributed by atoms with Crippen molar-refractivity contribution in [1.29, 1.82) is 0 Å². The number of carbonyl (C=O) groups is 1. The molecule has 1 fully saturated rings. The highest BCUT2D eigenvalue weighted by atomic mass is 35.5. The predicted molar refractivity (Wildman–Crippen MR) is 123 cm³/mol. The van der Waals surface area contributed by atoms with E-state index in [0.29, 0.717) is 53.1 Å². The molecule has 0 bridgehead atoms. The molecule has 0 radical (unpaired) electrons. The maximum atomic E-state index is 12.9. The van der Waals surface area contributed by atoms with E-state index in [0.717, 1.165) is 0 Å². The largest absolute Gasteiger partial charge is 0.486 e. The van der Waals surface area contributed by atoms with Crippen molar-refractivity contribution in [2.75, 3.05) is 26.2 Å². The molecule has 0 aromatic heterocycles. The number of piperidine rings is 1. The van der Waals surface area contributed by atoms with Gasteiger partial charge in [0.15, 0.2) is 11.5 Å². The molecule has 4 rings (SSSR count). The van der Waals surface area contributed by atoms with E-state index in [-0.39, 0.29) is 30.9 Å². The van der Waals surface area contributed by atoms with E-state index < -0.39 is 15.9 Å². The summed E-state index contributed by atoms with van der Waals surface area (Å²) in [4.78, 5) is 12.7. The fraction of sp³-hybridized carbons (Fsp3) is 0.409. The second-order valence-corrected chi connectivity index (χ2v) is 10.7. The van der Waals surface area contributed by atoms with E-state index in [2.05, 4.69) is 5.32 Å². The van der Waals surface area contributed by atoms with Crippen molar-refractivity contribution in [3.63, 3.8) is 0 Å². The summed E-state index contributed by atoms with van der Waals surface area (Å²) in [7, 11) is -3.63. The molecule has 2 aliphatic rings. The highest BCUT2D eigenvalue weighted by Crippen LogP contribution is 2.31. The van der Waals surface area contributed by atoms with Crippen molar-refractivity contribution < 1.29 is 22.7 Å². The number of hydrogen-bond donors (Lipinski definition) is 1. The van der Waals surface area contributed by atoms with Gasteiger partial charge in [-0.2, -0.15) is 0 Å². The molecule has 2 aliphatic heterocycles. The smallest absolute Gasteiger partial charge is 0.224 e. The number of ether oxygens (including phenoxy) is 2. The molecule has 0 saturated carbocycles. The van der Waals surface area contributed by atoms with Gasteiger partial charge in [-0.05, 0) is 42.7 Å². The van der Waals surface area contributed by atoms with Crippen LogP contribution in [-0.2, 0) is 20.6 Å². The van der Waals surface area contributed by atoms with E-state index in [9.17, 15) is 13.2 Å². The zero-order chi connectivity index (χ0) is 22.7. The van der Waals surface area contributed by atoms with Gasteiger partial charge in [0.2, 0.25) is 15.9 Å². The number of benzene rings is 2. The first kappa shape index (κ1) is 23.2. The highest BCUT2D eigenvalue weighted by Gasteiger charge is 2.33. The number of hydrogen-bond acceptors (Lipinski definition) is 5. The van der Waals surface area contributed by atoms with Gasteiger partial charge in [0.25, 0.3) is 0 Å². The van der Waals surface area contributed by atoms with Crippen LogP contribution >= 0.6 is 23.2 Å². The van der Waals surface area contributed by atoms with Crippen LogP contribution in [0.5, 0.6) is 11.5 Å². The Labute approximate surface area is 197 Å². The van der Waals surface area contributed by atoms with Crippen molar-refractivity contribution in [2.24, 2.45) is 5.92 Å². The van der Waals surface area contributed by atoms with Crippen molar-refractivity contribution in [2.45, 2.75) is 24.7 Å². The molecule has 7 nitrogen and oxygen atoms in total. The lowest BCUT2D eigenvalue weighted by Crippen LogP contribution is -2.48. The van der Waals surface area contributed by atoms with Gasteiger partial charge in [-0.3, -0.25) is 4.79 Å². The van der Waals surface area contributed by atoms with Crippen molar-refractivity contribution >= 4 is 39.1 Å². The monoisotopic (exact) mass is 498 g/mol. The van der Waals surface area contributed by atoms with E-state index in [1.165, 1.54) is 10.4 Å². The summed E-state index contributed by atoms with van der Waals surface area (Å²) in [5, 5.41) is 3.64. The van der Waals surface area contributed by atoms with Crippen LogP contribution in [0.3, 0.4) is 0 Å². The van der Waals surface area contributed by atoms with Crippen molar-refractivity contribution in [3.8, 4) is 11.5 Å². The summed E-state index contributed by atoms with van der Waals surface area (Å²) in [5.41, 5.74) is 0.484. The Morgan fingerprint density at radius 3 is 2.72 bits per heavy atom. The molecule has 2 atom stereocenters. The van der Waals surface area contributed by atoms with E-state index in [4.69, 9.17) is 32.7 Å². The summed E-state index contributed by atoms with van der Waals surface area (Å²) in [6.45, 7) is 1.15. The van der Waals surface area contributed by atoms with E-state index in [1.54, 1.807) is 12.1 Å². The number of para-hydroxylation sites is 2. The molecule has 10 heteroatoms. The fourth-order valence-electron chi connectivity index (χ4n) is 3.86. The van der Waals surface area contributed by atoms with E-state index >= 15 is 0 Å². The van der Waals surface area contributed by atoms with Crippen LogP contribution in [0, 0.1) is 5.92 Å². The lowest BCUT2D eigenvalue weighted by Gasteiger charge is -2.32. The molecule has 0 unspecified atom stereocenters. The molecule has 1 N–H and O–H groups in total. The normalized spacial score (nSPS) is 21.2. The first-order valence-corrected chi connectivity index (χ1v) is 12.8. The summed E-state index contributed by atoms with van der Waals surface area (Å²) >= 11 is 12.0. The summed E-state index contributed by atoms with van der Waals surface area (Å²) in [6.07, 6.45) is 0.941. The van der Waals surface area contributed by atoms with Crippen LogP contribution < -0.4 is 14.8 Å². The average molecular weight is 499 g/mol. The quantitative estimate of drug-likeness (QED) is 0.658. The zero-order valence-electron chi connectivity index (χ0n) is 17.3. The molecule has 1 amide bonds. The van der Waals surface area contributed by atoms with Crippen molar-refractivity contribution in [3.05, 3.63) is 58.1 Å². The Morgan fingerprint density at radius 1 is 1.16 bits per heavy atom. The van der Waals surface area contributed by atoms with Gasteiger partial charge >= 0.3 is 0 Å². The number of fused-ring (bicyclic) bond motifs is 1. The Kier molecular flexibility index (Phi) is 7.14. The summed E-state index contributed by atoms with van der Waals surface area (Å²) in [6, 6.07) is 12.1. The number of nitrogens with zero attached hydrogens (tertiary/aromatic N) is 1. The molecule has 2 aromatic rings. The molecular weight excluding hydrogens is 475 g/mol. The Morgan fingerprint density at radius 2 is 1.94 bits per heavy atom. The Hall–Kier alpha value is -2.00. The first-order chi connectivity index (χ1) is 15.3. The van der Waals surface area contributed by atoms with Gasteiger partial charge in [-0.25, -0.2) is 12.7 Å². The number of amides is 1. The van der Waals surface area contributed by atoms with Gasteiger partial charge in [0, 0.05) is 23.1 Å². The Balaban J connectivity index is 1.32. The lowest BCUT2D eigenvalue weighted by atomic mass is 9.99. The Bertz CT molecular complexity index is 1100. The number of sulfonamides is 1. The number of halogens is 2. The second kappa shape index (κ2) is 9.87. The fourth-order valence-corrected chi connectivity index (χ4v) is 6.05. The third-order valence-corrected chi connectivity index (χ3v) is 7.95. The molecule has 2 aromatic carbocycles. The van der Waals surface area contributed by atoms with Gasteiger partial charge in [0.1, 0.15) is 12.7 Å². The average Bonchev–Trinajstić information content (AvgIpc) is 2.79. The maximum Gasteiger partial charge on any atom is 0.224 e. The van der Waals surface area contributed by atoms with E-state index in [1.807, 2.05) is 24.3 Å². The van der Waals surface area contributed by atoms with Crippen LogP contribution in [0.15, 0.2) is 42.5 Å². The number of carbonyl (C=O) groups excluding carboxylic acids is 1. The number of rotatable bonds is 6. The SMILES string of the molecule is O=C(NC[C@@H]1COc2ccccc2O1)[C@H]1CCCN(S(=O)(=O)Cc2ccc(Cl)cc2Cl)C1. The van der Waals surface area contributed by atoms with Crippen LogP contribution in [0.25, 0.3) is 0 Å². The molecule has 172 valence electrons. The van der Waals surface area contributed by atoms with Crippen LogP contribution in [0.2, 0.25) is 10.0 Å². The van der Waals surface area contributed by atoms with Crippen molar-refractivity contribution in [1.82, 2.24) is 9.62 Å². The van der Waals surface area contributed by atoms with Gasteiger partial charge in [0.05, 0.1) is 18.2 Å². The number of nitrogens with one attached hydrogen (secondary N) is 1. The van der Waals surface area contributed by atoms with Crippen LogP contribution in [0.1, 0.15) is 18.4 Å². The molecule has 0 spiro atoms. The van der Waals surface area contributed by atoms with Crippen LogP contribution in [0.4, 0.5) is 0 Å². The molecule has 2 heterocycles. The highest BCUT2D eigenvalue weighted by molar-refractivity contribution is 7.88. The second-order valence-electron chi connectivity index (χ2n) is 7.93.